The van der Waals surface area contributed by atoms with Crippen molar-refractivity contribution in [1.82, 2.24) is 9.80 Å². The van der Waals surface area contributed by atoms with E-state index in [1.165, 1.54) is 16.2 Å². The molecule has 1 aliphatic rings. The lowest BCUT2D eigenvalue weighted by atomic mass is 9.98. The van der Waals surface area contributed by atoms with Gasteiger partial charge in [-0.1, -0.05) is 62.2 Å². The van der Waals surface area contributed by atoms with Crippen molar-refractivity contribution in [2.45, 2.75) is 58.7 Å². The summed E-state index contributed by atoms with van der Waals surface area (Å²) in [6.07, 6.45) is 2.13. The van der Waals surface area contributed by atoms with Crippen molar-refractivity contribution < 1.29 is 14.4 Å². The lowest BCUT2D eigenvalue weighted by molar-refractivity contribution is -0.149. The number of hydrogen-bond donors (Lipinski definition) is 1. The summed E-state index contributed by atoms with van der Waals surface area (Å²) < 4.78 is 1.01. The second-order valence-electron chi connectivity index (χ2n) is 9.91. The molecule has 1 aliphatic heterocycles. The number of thiophene rings is 1. The Morgan fingerprint density at radius 1 is 1.19 bits per heavy atom. The predicted molar refractivity (Wildman–Crippen MR) is 150 cm³/mol. The van der Waals surface area contributed by atoms with E-state index in [0.29, 0.717) is 22.9 Å². The molecule has 2 N–H and O–H groups in total. The minimum atomic E-state index is -0.762. The van der Waals surface area contributed by atoms with E-state index in [-0.39, 0.29) is 36.6 Å². The number of likely N-dealkylation sites (tertiary alicyclic amines) is 1. The zero-order valence-corrected chi connectivity index (χ0v) is 23.1. The van der Waals surface area contributed by atoms with Crippen LogP contribution in [0.25, 0.3) is 10.1 Å². The molecule has 1 saturated heterocycles. The summed E-state index contributed by atoms with van der Waals surface area (Å²) in [6, 6.07) is 13.8. The number of rotatable bonds is 9. The number of nitrogens with zero attached hydrogens (tertiary/aromatic N) is 2. The molecule has 8 heteroatoms. The standard InChI is InChI=1S/C29H34ClN3O3S/c1-4-18(2)26(31)29(36)33(16-20-9-6-5-7-10-20)28(35)23-11-8-14-32(23)17-24(34)27-19(3)22-15-21(30)12-13-25(22)37-27/h5-7,9-10,12-13,15,18,23,26H,4,8,11,14,16-17,31H2,1-3H3/t18-,23-,26-/m0/s1. The van der Waals surface area contributed by atoms with E-state index in [1.54, 1.807) is 0 Å². The lowest BCUT2D eigenvalue weighted by Gasteiger charge is -2.31. The number of benzene rings is 2. The first kappa shape index (κ1) is 27.5. The third-order valence-corrected chi connectivity index (χ3v) is 8.95. The van der Waals surface area contributed by atoms with Crippen LogP contribution < -0.4 is 5.73 Å². The average molecular weight is 540 g/mol. The van der Waals surface area contributed by atoms with Gasteiger partial charge in [0.1, 0.15) is 0 Å². The summed E-state index contributed by atoms with van der Waals surface area (Å²) in [5.41, 5.74) is 8.07. The molecule has 0 spiro atoms. The molecule has 2 heterocycles. The second-order valence-corrected chi connectivity index (χ2v) is 11.4. The van der Waals surface area contributed by atoms with Gasteiger partial charge in [0.15, 0.2) is 5.78 Å². The summed E-state index contributed by atoms with van der Waals surface area (Å²) in [7, 11) is 0. The summed E-state index contributed by atoms with van der Waals surface area (Å²) in [4.78, 5) is 44.6. The normalized spacial score (nSPS) is 17.6. The van der Waals surface area contributed by atoms with Crippen LogP contribution in [0.4, 0.5) is 0 Å². The Morgan fingerprint density at radius 2 is 1.92 bits per heavy atom. The smallest absolute Gasteiger partial charge is 0.246 e. The largest absolute Gasteiger partial charge is 0.320 e. The van der Waals surface area contributed by atoms with Crippen LogP contribution in [0.5, 0.6) is 0 Å². The Morgan fingerprint density at radius 3 is 2.62 bits per heavy atom. The molecule has 196 valence electrons. The van der Waals surface area contributed by atoms with Gasteiger partial charge in [0.05, 0.1) is 30.1 Å². The van der Waals surface area contributed by atoms with Gasteiger partial charge in [-0.3, -0.25) is 24.2 Å². The van der Waals surface area contributed by atoms with Crippen LogP contribution in [-0.4, -0.2) is 52.6 Å². The number of carbonyl (C=O) groups excluding carboxylic acids is 3. The van der Waals surface area contributed by atoms with E-state index < -0.39 is 12.1 Å². The molecular weight excluding hydrogens is 506 g/mol. The third kappa shape index (κ3) is 5.96. The Labute approximate surface area is 227 Å². The van der Waals surface area contributed by atoms with E-state index in [0.717, 1.165) is 34.1 Å². The van der Waals surface area contributed by atoms with Gasteiger partial charge < -0.3 is 5.73 Å². The van der Waals surface area contributed by atoms with Crippen molar-refractivity contribution in [1.29, 1.82) is 0 Å². The van der Waals surface area contributed by atoms with Gasteiger partial charge in [0.25, 0.3) is 0 Å². The fourth-order valence-corrected chi connectivity index (χ4v) is 6.19. The van der Waals surface area contributed by atoms with Crippen molar-refractivity contribution >= 4 is 50.6 Å². The maximum absolute atomic E-state index is 13.9. The van der Waals surface area contributed by atoms with Crippen LogP contribution in [0.3, 0.4) is 0 Å². The number of ketones is 1. The molecule has 2 aromatic carbocycles. The molecule has 1 fully saturated rings. The average Bonchev–Trinajstić information content (AvgIpc) is 3.50. The summed E-state index contributed by atoms with van der Waals surface area (Å²) in [6.45, 7) is 6.76. The van der Waals surface area contributed by atoms with Gasteiger partial charge >= 0.3 is 0 Å². The number of aryl methyl sites for hydroxylation is 1. The molecular formula is C29H34ClN3O3S. The molecule has 3 aromatic rings. The van der Waals surface area contributed by atoms with Crippen LogP contribution in [-0.2, 0) is 16.1 Å². The highest BCUT2D eigenvalue weighted by Crippen LogP contribution is 2.33. The minimum Gasteiger partial charge on any atom is -0.320 e. The molecule has 0 aliphatic carbocycles. The van der Waals surface area contributed by atoms with E-state index in [9.17, 15) is 14.4 Å². The highest BCUT2D eigenvalue weighted by molar-refractivity contribution is 7.21. The topological polar surface area (TPSA) is 83.7 Å². The van der Waals surface area contributed by atoms with Gasteiger partial charge in [-0.25, -0.2) is 0 Å². The van der Waals surface area contributed by atoms with Crippen LogP contribution in [0.1, 0.15) is 53.9 Å². The number of carbonyl (C=O) groups is 3. The van der Waals surface area contributed by atoms with Crippen molar-refractivity contribution in [2.75, 3.05) is 13.1 Å². The van der Waals surface area contributed by atoms with Crippen molar-refractivity contribution in [3.8, 4) is 0 Å². The van der Waals surface area contributed by atoms with Crippen LogP contribution in [0.2, 0.25) is 5.02 Å². The van der Waals surface area contributed by atoms with Crippen molar-refractivity contribution in [3.05, 3.63) is 69.6 Å². The Kier molecular flexibility index (Phi) is 8.80. The molecule has 0 radical (unpaired) electrons. The monoisotopic (exact) mass is 539 g/mol. The molecule has 1 aromatic heterocycles. The SMILES string of the molecule is CC[C@H](C)[C@H](N)C(=O)N(Cc1ccccc1)C(=O)[C@@H]1CCCN1CC(=O)c1sc2ccc(Cl)cc2c1C. The highest BCUT2D eigenvalue weighted by atomic mass is 35.5. The predicted octanol–water partition coefficient (Wildman–Crippen LogP) is 5.44. The Bertz CT molecular complexity index is 1290. The molecule has 37 heavy (non-hydrogen) atoms. The minimum absolute atomic E-state index is 0.0215. The zero-order valence-electron chi connectivity index (χ0n) is 21.6. The Balaban J connectivity index is 1.56. The fourth-order valence-electron chi connectivity index (χ4n) is 4.90. The number of nitrogens with two attached hydrogens (primary N) is 1. The van der Waals surface area contributed by atoms with Gasteiger partial charge in [-0.2, -0.15) is 0 Å². The summed E-state index contributed by atoms with van der Waals surface area (Å²) in [5, 5.41) is 1.62. The molecule has 0 saturated carbocycles. The first-order chi connectivity index (χ1) is 17.7. The molecule has 2 amide bonds. The number of fused-ring (bicyclic) bond motifs is 1. The maximum Gasteiger partial charge on any atom is 0.246 e. The van der Waals surface area contributed by atoms with E-state index >= 15 is 0 Å². The van der Waals surface area contributed by atoms with E-state index in [4.69, 9.17) is 17.3 Å². The number of halogens is 1. The summed E-state index contributed by atoms with van der Waals surface area (Å²) in [5.74, 6) is -0.715. The lowest BCUT2D eigenvalue weighted by Crippen LogP contribution is -2.54. The maximum atomic E-state index is 13.9. The first-order valence-corrected chi connectivity index (χ1v) is 14.0. The van der Waals surface area contributed by atoms with Crippen LogP contribution >= 0.6 is 22.9 Å². The van der Waals surface area contributed by atoms with Crippen LogP contribution in [0, 0.1) is 12.8 Å². The fraction of sp³-hybridized carbons (Fsp3) is 0.414. The van der Waals surface area contributed by atoms with Gasteiger partial charge in [0.2, 0.25) is 11.8 Å². The molecule has 3 atom stereocenters. The van der Waals surface area contributed by atoms with Gasteiger partial charge in [0, 0.05) is 9.72 Å². The van der Waals surface area contributed by atoms with E-state index in [1.807, 2.05) is 74.2 Å². The molecule has 4 rings (SSSR count). The molecule has 0 bridgehead atoms. The van der Waals surface area contributed by atoms with Crippen molar-refractivity contribution in [2.24, 2.45) is 11.7 Å². The zero-order chi connectivity index (χ0) is 26.7. The van der Waals surface area contributed by atoms with Gasteiger partial charge in [-0.15, -0.1) is 11.3 Å². The Hall–Kier alpha value is -2.58. The molecule has 0 unspecified atom stereocenters. The molecule has 6 nitrogen and oxygen atoms in total. The second kappa shape index (κ2) is 11.9. The third-order valence-electron chi connectivity index (χ3n) is 7.40. The van der Waals surface area contributed by atoms with Gasteiger partial charge in [-0.05, 0) is 66.9 Å². The number of imide groups is 1. The number of amides is 2. The highest BCUT2D eigenvalue weighted by Gasteiger charge is 2.39. The first-order valence-electron chi connectivity index (χ1n) is 12.8. The van der Waals surface area contributed by atoms with Crippen LogP contribution in [0.15, 0.2) is 48.5 Å². The summed E-state index contributed by atoms with van der Waals surface area (Å²) >= 11 is 7.62. The number of Topliss-reactive ketones (excluding diaryl/α,β-unsaturated/α-hetero) is 1. The van der Waals surface area contributed by atoms with Crippen molar-refractivity contribution in [3.63, 3.8) is 0 Å². The number of hydrogen-bond acceptors (Lipinski definition) is 6. The quantitative estimate of drug-likeness (QED) is 0.366. The van der Waals surface area contributed by atoms with E-state index in [2.05, 4.69) is 0 Å².